The Morgan fingerprint density at radius 1 is 1.00 bits per heavy atom. The molecule has 4 aromatic rings. The van der Waals surface area contributed by atoms with Gasteiger partial charge in [0.05, 0.1) is 6.04 Å². The Morgan fingerprint density at radius 3 is 2.62 bits per heavy atom. The van der Waals surface area contributed by atoms with E-state index in [1.165, 1.54) is 18.4 Å². The number of aromatic nitrogens is 5. The smallest absolute Gasteiger partial charge is 0.253 e. The summed E-state index contributed by atoms with van der Waals surface area (Å²) in [6.45, 7) is 8.63. The molecule has 3 aliphatic rings. The number of nitrogens with zero attached hydrogens (tertiary/aromatic N) is 6. The molecule has 1 atom stereocenters. The summed E-state index contributed by atoms with van der Waals surface area (Å²) in [7, 11) is 0. The summed E-state index contributed by atoms with van der Waals surface area (Å²) in [6, 6.07) is 12.4. The van der Waals surface area contributed by atoms with Crippen LogP contribution >= 0.6 is 0 Å². The summed E-state index contributed by atoms with van der Waals surface area (Å²) in [4.78, 5) is 21.7. The van der Waals surface area contributed by atoms with E-state index in [9.17, 15) is 4.79 Å². The first-order chi connectivity index (χ1) is 19.5. The molecular weight excluding hydrogens is 506 g/mol. The molecule has 0 amide bonds. The van der Waals surface area contributed by atoms with E-state index in [2.05, 4.69) is 68.4 Å². The van der Waals surface area contributed by atoms with Gasteiger partial charge >= 0.3 is 0 Å². The fourth-order valence-corrected chi connectivity index (χ4v) is 6.66. The van der Waals surface area contributed by atoms with Crippen LogP contribution in [0.25, 0.3) is 10.9 Å². The van der Waals surface area contributed by atoms with Gasteiger partial charge in [-0.2, -0.15) is 0 Å². The van der Waals surface area contributed by atoms with Crippen molar-refractivity contribution in [3.8, 4) is 11.5 Å². The van der Waals surface area contributed by atoms with Gasteiger partial charge in [0, 0.05) is 49.2 Å². The lowest BCUT2D eigenvalue weighted by molar-refractivity contribution is 0.0988. The summed E-state index contributed by atoms with van der Waals surface area (Å²) in [5.41, 5.74) is 4.98. The Balaban J connectivity index is 1.20. The van der Waals surface area contributed by atoms with Crippen molar-refractivity contribution in [1.29, 1.82) is 0 Å². The first kappa shape index (κ1) is 25.2. The van der Waals surface area contributed by atoms with Gasteiger partial charge in [0.1, 0.15) is 6.04 Å². The van der Waals surface area contributed by atoms with Crippen LogP contribution in [0, 0.1) is 13.8 Å². The minimum atomic E-state index is -0.322. The molecule has 0 spiro atoms. The number of H-pyrrole nitrogens is 1. The molecule has 2 fully saturated rings. The van der Waals surface area contributed by atoms with Gasteiger partial charge in [-0.15, -0.1) is 5.10 Å². The number of hydrogen-bond acceptors (Lipinski definition) is 8. The summed E-state index contributed by atoms with van der Waals surface area (Å²) < 4.78 is 13.0. The van der Waals surface area contributed by atoms with E-state index < -0.39 is 0 Å². The number of aryl methyl sites for hydroxylation is 2. The second kappa shape index (κ2) is 10.3. The molecule has 2 aliphatic heterocycles. The highest BCUT2D eigenvalue weighted by Crippen LogP contribution is 2.35. The number of benzene rings is 2. The van der Waals surface area contributed by atoms with Crippen LogP contribution in [0.2, 0.25) is 0 Å². The van der Waals surface area contributed by atoms with Crippen LogP contribution in [-0.2, 0) is 6.54 Å². The molecule has 2 aromatic heterocycles. The molecule has 1 saturated heterocycles. The molecule has 1 saturated carbocycles. The van der Waals surface area contributed by atoms with Crippen LogP contribution in [0.15, 0.2) is 41.2 Å². The highest BCUT2D eigenvalue weighted by Gasteiger charge is 2.35. The van der Waals surface area contributed by atoms with Gasteiger partial charge in [-0.25, -0.2) is 4.68 Å². The Morgan fingerprint density at radius 2 is 1.80 bits per heavy atom. The first-order valence-electron chi connectivity index (χ1n) is 14.3. The number of aromatic amines is 1. The Bertz CT molecular complexity index is 1600. The van der Waals surface area contributed by atoms with Crippen LogP contribution in [0.4, 0.5) is 0 Å². The molecule has 40 heavy (non-hydrogen) atoms. The number of nitrogens with one attached hydrogen (secondary N) is 1. The van der Waals surface area contributed by atoms with Crippen molar-refractivity contribution >= 4 is 10.9 Å². The predicted octanol–water partition coefficient (Wildman–Crippen LogP) is 3.88. The standard InChI is InChI=1S/C30H35N7O3/c1-19-13-20(2)23-16-24(30(38)31-25(23)14-19)28(29-32-33-34-37(29)22-5-3-4-6-22)36-11-9-35(10-12-36)17-21-7-8-26-27(15-21)40-18-39-26/h7-8,13-16,22,28H,3-6,9-12,17-18H2,1-2H3,(H,31,38)/t28-/m0/s1. The highest BCUT2D eigenvalue weighted by atomic mass is 16.7. The van der Waals surface area contributed by atoms with E-state index >= 15 is 0 Å². The number of fused-ring (bicyclic) bond motifs is 2. The van der Waals surface area contributed by atoms with Crippen molar-refractivity contribution in [3.63, 3.8) is 0 Å². The van der Waals surface area contributed by atoms with Crippen LogP contribution in [-0.4, -0.2) is 68.0 Å². The minimum absolute atomic E-state index is 0.0775. The molecule has 2 aromatic carbocycles. The van der Waals surface area contributed by atoms with E-state index in [0.29, 0.717) is 5.56 Å². The lowest BCUT2D eigenvalue weighted by Gasteiger charge is -2.39. The number of rotatable bonds is 6. The molecule has 1 aliphatic carbocycles. The average molecular weight is 542 g/mol. The third-order valence-electron chi connectivity index (χ3n) is 8.68. The van der Waals surface area contributed by atoms with Crippen molar-refractivity contribution in [2.45, 2.75) is 58.2 Å². The molecule has 10 heteroatoms. The highest BCUT2D eigenvalue weighted by molar-refractivity contribution is 5.83. The zero-order chi connectivity index (χ0) is 27.2. The second-order valence-corrected chi connectivity index (χ2v) is 11.4. The van der Waals surface area contributed by atoms with Crippen LogP contribution in [0.3, 0.4) is 0 Å². The van der Waals surface area contributed by atoms with Crippen molar-refractivity contribution in [3.05, 3.63) is 74.8 Å². The number of ether oxygens (including phenoxy) is 2. The van der Waals surface area contributed by atoms with Crippen molar-refractivity contribution in [2.24, 2.45) is 0 Å². The third-order valence-corrected chi connectivity index (χ3v) is 8.68. The normalized spacial score (nSPS) is 19.1. The van der Waals surface area contributed by atoms with Crippen LogP contribution in [0.1, 0.15) is 65.8 Å². The second-order valence-electron chi connectivity index (χ2n) is 11.4. The van der Waals surface area contributed by atoms with Gasteiger partial charge in [-0.1, -0.05) is 25.0 Å². The maximum Gasteiger partial charge on any atom is 0.253 e. The topological polar surface area (TPSA) is 101 Å². The quantitative estimate of drug-likeness (QED) is 0.393. The van der Waals surface area contributed by atoms with Crippen LogP contribution < -0.4 is 15.0 Å². The SMILES string of the molecule is Cc1cc(C)c2cc([C@@H](c3nnnn3C3CCCC3)N3CCN(Cc4ccc5c(c4)OCO5)CC3)c(=O)[nH]c2c1. The summed E-state index contributed by atoms with van der Waals surface area (Å²) in [5.74, 6) is 2.39. The molecule has 0 unspecified atom stereocenters. The molecule has 208 valence electrons. The zero-order valence-electron chi connectivity index (χ0n) is 23.1. The lowest BCUT2D eigenvalue weighted by Crippen LogP contribution is -2.48. The number of pyridine rings is 1. The van der Waals surface area contributed by atoms with E-state index in [1.807, 2.05) is 16.8 Å². The van der Waals surface area contributed by atoms with Crippen molar-refractivity contribution in [1.82, 2.24) is 35.0 Å². The lowest BCUT2D eigenvalue weighted by atomic mass is 9.99. The fourth-order valence-electron chi connectivity index (χ4n) is 6.66. The molecule has 4 heterocycles. The summed E-state index contributed by atoms with van der Waals surface area (Å²) >= 11 is 0. The number of tetrazole rings is 1. The zero-order valence-corrected chi connectivity index (χ0v) is 23.1. The minimum Gasteiger partial charge on any atom is -0.454 e. The van der Waals surface area contributed by atoms with E-state index in [-0.39, 0.29) is 24.4 Å². The van der Waals surface area contributed by atoms with Crippen molar-refractivity contribution in [2.75, 3.05) is 33.0 Å². The largest absolute Gasteiger partial charge is 0.454 e. The van der Waals surface area contributed by atoms with Crippen molar-refractivity contribution < 1.29 is 9.47 Å². The molecule has 1 N–H and O–H groups in total. The third kappa shape index (κ3) is 4.65. The number of piperazine rings is 1. The van der Waals surface area contributed by atoms with Gasteiger partial charge in [0.15, 0.2) is 17.3 Å². The fraction of sp³-hybridized carbons (Fsp3) is 0.467. The van der Waals surface area contributed by atoms with E-state index in [0.717, 1.165) is 84.9 Å². The molecular formula is C30H35N7O3. The average Bonchev–Trinajstić information content (AvgIpc) is 3.72. The molecule has 0 radical (unpaired) electrons. The Kier molecular flexibility index (Phi) is 6.51. The van der Waals surface area contributed by atoms with E-state index in [1.54, 1.807) is 0 Å². The molecule has 0 bridgehead atoms. The maximum atomic E-state index is 13.7. The Hall–Kier alpha value is -3.76. The van der Waals surface area contributed by atoms with Gasteiger partial charge < -0.3 is 14.5 Å². The predicted molar refractivity (Wildman–Crippen MR) is 151 cm³/mol. The maximum absolute atomic E-state index is 13.7. The van der Waals surface area contributed by atoms with Gasteiger partial charge in [-0.05, 0) is 78.1 Å². The first-order valence-corrected chi connectivity index (χ1v) is 14.3. The summed E-state index contributed by atoms with van der Waals surface area (Å²) in [6.07, 6.45) is 4.51. The molecule has 7 rings (SSSR count). The number of hydrogen-bond donors (Lipinski definition) is 1. The van der Waals surface area contributed by atoms with Gasteiger partial charge in [-0.3, -0.25) is 14.6 Å². The Labute approximate surface area is 232 Å². The summed E-state index contributed by atoms with van der Waals surface area (Å²) in [5, 5.41) is 14.2. The molecule has 10 nitrogen and oxygen atoms in total. The van der Waals surface area contributed by atoms with Crippen LogP contribution in [0.5, 0.6) is 11.5 Å². The van der Waals surface area contributed by atoms with Gasteiger partial charge in [0.2, 0.25) is 6.79 Å². The van der Waals surface area contributed by atoms with Gasteiger partial charge in [0.25, 0.3) is 5.56 Å². The van der Waals surface area contributed by atoms with E-state index in [4.69, 9.17) is 9.47 Å². The monoisotopic (exact) mass is 541 g/mol.